The van der Waals surface area contributed by atoms with Crippen molar-refractivity contribution in [1.82, 2.24) is 10.2 Å². The topological polar surface area (TPSA) is 43.6 Å². The van der Waals surface area contributed by atoms with Crippen LogP contribution < -0.4 is 5.32 Å². The molecular weight excluding hydrogens is 276 g/mol. The molecule has 1 aliphatic rings. The molecule has 4 nitrogen and oxygen atoms in total. The number of ether oxygens (including phenoxy) is 1. The predicted molar refractivity (Wildman–Crippen MR) is 88.0 cm³/mol. The third kappa shape index (κ3) is 6.48. The lowest BCUT2D eigenvalue weighted by Crippen LogP contribution is -2.34. The molecule has 1 heterocycles. The molecule has 1 aromatic carbocycles. The van der Waals surface area contributed by atoms with Crippen molar-refractivity contribution in [2.24, 2.45) is 0 Å². The summed E-state index contributed by atoms with van der Waals surface area (Å²) in [6, 6.07) is 10.6. The maximum Gasteiger partial charge on any atom is 0.409 e. The Morgan fingerprint density at radius 3 is 2.73 bits per heavy atom. The number of nitrogens with zero attached hydrogens (tertiary/aromatic N) is 2. The van der Waals surface area contributed by atoms with Crippen LogP contribution in [-0.4, -0.2) is 43.8 Å². The quantitative estimate of drug-likeness (QED) is 0.726. The standard InChI is InChI=1S/C18H27N2O2/c21-18(20-14-8-12-19-13-15-20)22-16-7-2-1-4-9-17-10-5-3-6-11-17/h3,5-6,10-11H,1-2,4,7-9,12-16H2. The molecule has 0 atom stereocenters. The molecule has 1 radical (unpaired) electrons. The minimum atomic E-state index is -0.165. The van der Waals surface area contributed by atoms with Gasteiger partial charge in [-0.15, -0.1) is 0 Å². The fraction of sp³-hybridized carbons (Fsp3) is 0.611. The van der Waals surface area contributed by atoms with Crippen LogP contribution in [0.25, 0.3) is 0 Å². The van der Waals surface area contributed by atoms with Gasteiger partial charge >= 0.3 is 6.09 Å². The molecule has 121 valence electrons. The summed E-state index contributed by atoms with van der Waals surface area (Å²) >= 11 is 0. The Kier molecular flexibility index (Phi) is 7.81. The lowest BCUT2D eigenvalue weighted by atomic mass is 10.1. The molecule has 0 N–H and O–H groups in total. The van der Waals surface area contributed by atoms with E-state index in [1.165, 1.54) is 18.4 Å². The van der Waals surface area contributed by atoms with Crippen molar-refractivity contribution in [3.8, 4) is 0 Å². The molecule has 0 unspecified atom stereocenters. The lowest BCUT2D eigenvalue weighted by molar-refractivity contribution is 0.103. The summed E-state index contributed by atoms with van der Waals surface area (Å²) < 4.78 is 5.35. The van der Waals surface area contributed by atoms with Gasteiger partial charge < -0.3 is 9.64 Å². The second kappa shape index (κ2) is 10.2. The van der Waals surface area contributed by atoms with Crippen molar-refractivity contribution in [3.63, 3.8) is 0 Å². The first-order valence-electron chi connectivity index (χ1n) is 8.45. The van der Waals surface area contributed by atoms with Gasteiger partial charge in [-0.05, 0) is 31.2 Å². The third-order valence-corrected chi connectivity index (χ3v) is 3.96. The number of amides is 1. The molecule has 0 bridgehead atoms. The molecule has 2 rings (SSSR count). The second-order valence-corrected chi connectivity index (χ2v) is 5.78. The Morgan fingerprint density at radius 2 is 1.86 bits per heavy atom. The largest absolute Gasteiger partial charge is 0.449 e. The minimum absolute atomic E-state index is 0.165. The van der Waals surface area contributed by atoms with Crippen molar-refractivity contribution in [2.45, 2.75) is 38.5 Å². The molecule has 0 saturated carbocycles. The van der Waals surface area contributed by atoms with E-state index in [2.05, 4.69) is 35.6 Å². The monoisotopic (exact) mass is 303 g/mol. The minimum Gasteiger partial charge on any atom is -0.449 e. The van der Waals surface area contributed by atoms with E-state index in [-0.39, 0.29) is 6.09 Å². The van der Waals surface area contributed by atoms with Crippen molar-refractivity contribution in [3.05, 3.63) is 35.9 Å². The summed E-state index contributed by atoms with van der Waals surface area (Å²) in [7, 11) is 0. The Morgan fingerprint density at radius 1 is 1.05 bits per heavy atom. The van der Waals surface area contributed by atoms with Crippen LogP contribution in [0.1, 0.15) is 37.7 Å². The number of hydrogen-bond acceptors (Lipinski definition) is 2. The normalized spacial score (nSPS) is 15.4. The third-order valence-electron chi connectivity index (χ3n) is 3.96. The van der Waals surface area contributed by atoms with Crippen LogP contribution >= 0.6 is 0 Å². The second-order valence-electron chi connectivity index (χ2n) is 5.78. The number of rotatable bonds is 7. The zero-order chi connectivity index (χ0) is 15.5. The fourth-order valence-electron chi connectivity index (χ4n) is 2.65. The molecular formula is C18H27N2O2. The maximum atomic E-state index is 11.9. The van der Waals surface area contributed by atoms with E-state index in [0.717, 1.165) is 45.3 Å². The molecule has 0 aromatic heterocycles. The average Bonchev–Trinajstić information content (AvgIpc) is 2.84. The lowest BCUT2D eigenvalue weighted by Gasteiger charge is -2.19. The van der Waals surface area contributed by atoms with Crippen LogP contribution in [-0.2, 0) is 11.2 Å². The van der Waals surface area contributed by atoms with Crippen LogP contribution in [0.3, 0.4) is 0 Å². The Balaban J connectivity index is 1.47. The van der Waals surface area contributed by atoms with E-state index in [0.29, 0.717) is 13.2 Å². The average molecular weight is 303 g/mol. The number of hydrogen-bond donors (Lipinski definition) is 0. The van der Waals surface area contributed by atoms with E-state index in [1.54, 1.807) is 4.90 Å². The van der Waals surface area contributed by atoms with Gasteiger partial charge in [-0.2, -0.15) is 0 Å². The summed E-state index contributed by atoms with van der Waals surface area (Å²) in [5.41, 5.74) is 1.40. The van der Waals surface area contributed by atoms with Gasteiger partial charge in [0, 0.05) is 26.2 Å². The molecule has 0 spiro atoms. The summed E-state index contributed by atoms with van der Waals surface area (Å²) in [4.78, 5) is 13.7. The number of carbonyl (C=O) groups is 1. The summed E-state index contributed by atoms with van der Waals surface area (Å²) in [5.74, 6) is 0. The first-order valence-corrected chi connectivity index (χ1v) is 8.45. The summed E-state index contributed by atoms with van der Waals surface area (Å²) in [6.45, 7) is 3.63. The molecule has 1 aliphatic heterocycles. The smallest absolute Gasteiger partial charge is 0.409 e. The van der Waals surface area contributed by atoms with E-state index >= 15 is 0 Å². The van der Waals surface area contributed by atoms with Crippen LogP contribution in [0.5, 0.6) is 0 Å². The van der Waals surface area contributed by atoms with Gasteiger partial charge in [-0.3, -0.25) is 0 Å². The summed E-state index contributed by atoms with van der Waals surface area (Å²) in [5, 5.41) is 4.31. The zero-order valence-electron chi connectivity index (χ0n) is 13.4. The van der Waals surface area contributed by atoms with Gasteiger partial charge in [-0.25, -0.2) is 10.1 Å². The number of benzene rings is 1. The number of carbonyl (C=O) groups excluding carboxylic acids is 1. The van der Waals surface area contributed by atoms with E-state index in [9.17, 15) is 4.79 Å². The van der Waals surface area contributed by atoms with E-state index < -0.39 is 0 Å². The Labute approximate surface area is 133 Å². The molecule has 1 saturated heterocycles. The van der Waals surface area contributed by atoms with Gasteiger partial charge in [0.25, 0.3) is 0 Å². The number of unbranched alkanes of at least 4 members (excludes halogenated alkanes) is 3. The van der Waals surface area contributed by atoms with Crippen molar-refractivity contribution in [1.29, 1.82) is 0 Å². The first-order chi connectivity index (χ1) is 10.9. The van der Waals surface area contributed by atoms with Gasteiger partial charge in [0.05, 0.1) is 6.61 Å². The van der Waals surface area contributed by atoms with Crippen LogP contribution in [0.15, 0.2) is 30.3 Å². The highest BCUT2D eigenvalue weighted by Gasteiger charge is 2.16. The Bertz CT molecular complexity index is 414. The SMILES string of the molecule is O=C(OCCCCCCc1ccccc1)N1CCC[N]CC1. The maximum absolute atomic E-state index is 11.9. The highest BCUT2D eigenvalue weighted by Crippen LogP contribution is 2.08. The highest BCUT2D eigenvalue weighted by atomic mass is 16.6. The Hall–Kier alpha value is -1.55. The highest BCUT2D eigenvalue weighted by molar-refractivity contribution is 5.67. The zero-order valence-corrected chi connectivity index (χ0v) is 13.4. The van der Waals surface area contributed by atoms with Crippen LogP contribution in [0, 0.1) is 0 Å². The molecule has 1 aromatic rings. The van der Waals surface area contributed by atoms with E-state index in [1.807, 2.05) is 0 Å². The van der Waals surface area contributed by atoms with Gasteiger partial charge in [0.15, 0.2) is 0 Å². The van der Waals surface area contributed by atoms with E-state index in [4.69, 9.17) is 4.74 Å². The van der Waals surface area contributed by atoms with Gasteiger partial charge in [-0.1, -0.05) is 43.2 Å². The van der Waals surface area contributed by atoms with Gasteiger partial charge in [0.2, 0.25) is 0 Å². The molecule has 4 heteroatoms. The van der Waals surface area contributed by atoms with Crippen molar-refractivity contribution < 1.29 is 9.53 Å². The summed E-state index contributed by atoms with van der Waals surface area (Å²) in [6.07, 6.45) is 6.39. The van der Waals surface area contributed by atoms with Gasteiger partial charge in [0.1, 0.15) is 0 Å². The molecule has 22 heavy (non-hydrogen) atoms. The predicted octanol–water partition coefficient (Wildman–Crippen LogP) is 3.24. The van der Waals surface area contributed by atoms with Crippen LogP contribution in [0.4, 0.5) is 4.79 Å². The first kappa shape index (κ1) is 16.8. The number of aryl methyl sites for hydroxylation is 1. The van der Waals surface area contributed by atoms with Crippen molar-refractivity contribution in [2.75, 3.05) is 32.8 Å². The molecule has 0 aliphatic carbocycles. The fourth-order valence-corrected chi connectivity index (χ4v) is 2.65. The molecule has 1 fully saturated rings. The van der Waals surface area contributed by atoms with Crippen molar-refractivity contribution >= 4 is 6.09 Å². The molecule has 1 amide bonds. The van der Waals surface area contributed by atoms with Crippen LogP contribution in [0.2, 0.25) is 0 Å².